The fourth-order valence-electron chi connectivity index (χ4n) is 1.40. The third-order valence-corrected chi connectivity index (χ3v) is 2.54. The minimum absolute atomic E-state index is 0.0489. The maximum absolute atomic E-state index is 10.6. The van der Waals surface area contributed by atoms with E-state index in [1.807, 2.05) is 6.92 Å². The van der Waals surface area contributed by atoms with Crippen LogP contribution in [0.5, 0.6) is 5.75 Å². The van der Waals surface area contributed by atoms with Gasteiger partial charge in [-0.2, -0.15) is 4.21 Å². The van der Waals surface area contributed by atoms with Crippen LogP contribution in [0.1, 0.15) is 25.3 Å². The van der Waals surface area contributed by atoms with Gasteiger partial charge in [-0.3, -0.25) is 14.7 Å². The van der Waals surface area contributed by atoms with Gasteiger partial charge in [0, 0.05) is 17.7 Å². The molecule has 1 aromatic carbocycles. The van der Waals surface area contributed by atoms with Crippen LogP contribution in [0, 0.1) is 10.1 Å². The first-order valence-corrected chi connectivity index (χ1v) is 6.14. The lowest BCUT2D eigenvalue weighted by atomic mass is 10.1. The van der Waals surface area contributed by atoms with Crippen molar-refractivity contribution in [3.8, 4) is 5.75 Å². The molecule has 0 aromatic heterocycles. The van der Waals surface area contributed by atoms with E-state index in [0.717, 1.165) is 12.8 Å². The van der Waals surface area contributed by atoms with E-state index >= 15 is 0 Å². The van der Waals surface area contributed by atoms with Gasteiger partial charge in [0.25, 0.3) is 5.69 Å². The van der Waals surface area contributed by atoms with E-state index in [1.165, 1.54) is 18.2 Å². The molecule has 6 nitrogen and oxygen atoms in total. The SMILES string of the molecule is CCCCc1cc([N+](=O)[O-])ccc1OS(=O)O. The van der Waals surface area contributed by atoms with Crippen LogP contribution in [0.25, 0.3) is 0 Å². The van der Waals surface area contributed by atoms with E-state index in [4.69, 9.17) is 4.55 Å². The lowest BCUT2D eigenvalue weighted by molar-refractivity contribution is -0.384. The van der Waals surface area contributed by atoms with E-state index in [-0.39, 0.29) is 11.4 Å². The largest absolute Gasteiger partial charge is 0.380 e. The van der Waals surface area contributed by atoms with E-state index in [2.05, 4.69) is 4.18 Å². The molecule has 0 aliphatic rings. The molecule has 17 heavy (non-hydrogen) atoms. The average molecular weight is 259 g/mol. The Balaban J connectivity index is 3.02. The van der Waals surface area contributed by atoms with Crippen LogP contribution in [0.15, 0.2) is 18.2 Å². The summed E-state index contributed by atoms with van der Waals surface area (Å²) in [6, 6.07) is 3.97. The van der Waals surface area contributed by atoms with Gasteiger partial charge >= 0.3 is 11.4 Å². The van der Waals surface area contributed by atoms with Gasteiger partial charge in [-0.05, 0) is 18.9 Å². The van der Waals surface area contributed by atoms with Crippen LogP contribution < -0.4 is 4.18 Å². The predicted molar refractivity (Wildman–Crippen MR) is 63.1 cm³/mol. The minimum atomic E-state index is -2.42. The third-order valence-electron chi connectivity index (χ3n) is 2.22. The molecule has 7 heteroatoms. The Bertz CT molecular complexity index is 435. The molecule has 1 aromatic rings. The van der Waals surface area contributed by atoms with E-state index in [1.54, 1.807) is 0 Å². The summed E-state index contributed by atoms with van der Waals surface area (Å²) in [5.74, 6) is 0.213. The van der Waals surface area contributed by atoms with Crippen molar-refractivity contribution in [1.29, 1.82) is 0 Å². The van der Waals surface area contributed by atoms with Gasteiger partial charge in [0.05, 0.1) is 4.92 Å². The van der Waals surface area contributed by atoms with Crippen LogP contribution in [-0.2, 0) is 17.8 Å². The fraction of sp³-hybridized carbons (Fsp3) is 0.400. The van der Waals surface area contributed by atoms with E-state index in [9.17, 15) is 14.3 Å². The number of nitro benzene ring substituents is 1. The van der Waals surface area contributed by atoms with Crippen LogP contribution in [0.4, 0.5) is 5.69 Å². The first-order chi connectivity index (χ1) is 8.04. The molecule has 1 N–H and O–H groups in total. The van der Waals surface area contributed by atoms with Gasteiger partial charge in [-0.1, -0.05) is 13.3 Å². The molecule has 94 valence electrons. The molecule has 0 aliphatic carbocycles. The standard InChI is InChI=1S/C10H13NO5S/c1-2-3-4-8-7-9(11(12)13)5-6-10(8)16-17(14)15/h5-7H,2-4H2,1H3,(H,14,15). The summed E-state index contributed by atoms with van der Waals surface area (Å²) in [6.45, 7) is 1.99. The minimum Gasteiger partial charge on any atom is -0.380 e. The van der Waals surface area contributed by atoms with Crippen molar-refractivity contribution in [2.45, 2.75) is 26.2 Å². The highest BCUT2D eigenvalue weighted by molar-refractivity contribution is 7.74. The number of aryl methyl sites for hydroxylation is 1. The summed E-state index contributed by atoms with van der Waals surface area (Å²) >= 11 is -2.42. The fourth-order valence-corrected chi connectivity index (χ4v) is 1.72. The Hall–Kier alpha value is -1.47. The van der Waals surface area contributed by atoms with Crippen molar-refractivity contribution in [3.05, 3.63) is 33.9 Å². The topological polar surface area (TPSA) is 89.7 Å². The van der Waals surface area contributed by atoms with E-state index < -0.39 is 16.3 Å². The van der Waals surface area contributed by atoms with E-state index in [0.29, 0.717) is 12.0 Å². The highest BCUT2D eigenvalue weighted by Crippen LogP contribution is 2.26. The molecule has 0 spiro atoms. The van der Waals surface area contributed by atoms with Crippen molar-refractivity contribution in [2.24, 2.45) is 0 Å². The molecule has 0 aliphatic heterocycles. The molecule has 0 saturated heterocycles. The van der Waals surface area contributed by atoms with Gasteiger partial charge in [0.15, 0.2) is 0 Å². The maximum atomic E-state index is 10.6. The Morgan fingerprint density at radius 2 is 2.24 bits per heavy atom. The summed E-state index contributed by atoms with van der Waals surface area (Å²) in [6.07, 6.45) is 2.32. The highest BCUT2D eigenvalue weighted by atomic mass is 32.2. The second-order valence-corrected chi connectivity index (χ2v) is 4.05. The molecule has 1 rings (SSSR count). The molecular weight excluding hydrogens is 246 g/mol. The number of nitro groups is 1. The Morgan fingerprint density at radius 1 is 1.53 bits per heavy atom. The zero-order valence-electron chi connectivity index (χ0n) is 9.29. The maximum Gasteiger partial charge on any atom is 0.357 e. The van der Waals surface area contributed by atoms with Crippen molar-refractivity contribution in [1.82, 2.24) is 0 Å². The van der Waals surface area contributed by atoms with Gasteiger partial charge in [-0.25, -0.2) is 0 Å². The number of benzene rings is 1. The number of nitrogens with zero attached hydrogens (tertiary/aromatic N) is 1. The zero-order valence-corrected chi connectivity index (χ0v) is 10.1. The Morgan fingerprint density at radius 3 is 2.76 bits per heavy atom. The van der Waals surface area contributed by atoms with Crippen LogP contribution in [0.2, 0.25) is 0 Å². The monoisotopic (exact) mass is 259 g/mol. The number of hydrogen-bond donors (Lipinski definition) is 1. The Kier molecular flexibility index (Phi) is 5.05. The Labute approximate surface area is 101 Å². The third kappa shape index (κ3) is 4.12. The summed E-state index contributed by atoms with van der Waals surface area (Å²) in [5.41, 5.74) is 0.524. The normalized spacial score (nSPS) is 12.1. The second-order valence-electron chi connectivity index (χ2n) is 3.45. The molecule has 0 bridgehead atoms. The van der Waals surface area contributed by atoms with Crippen molar-refractivity contribution in [3.63, 3.8) is 0 Å². The highest BCUT2D eigenvalue weighted by Gasteiger charge is 2.13. The summed E-state index contributed by atoms with van der Waals surface area (Å²) < 4.78 is 23.9. The van der Waals surface area contributed by atoms with Crippen molar-refractivity contribution < 1.29 is 17.9 Å². The predicted octanol–water partition coefficient (Wildman–Crippen LogP) is 2.45. The number of non-ortho nitro benzene ring substituents is 1. The van der Waals surface area contributed by atoms with Crippen molar-refractivity contribution >= 4 is 17.0 Å². The first kappa shape index (κ1) is 13.6. The van der Waals surface area contributed by atoms with Crippen LogP contribution in [0.3, 0.4) is 0 Å². The molecule has 0 amide bonds. The van der Waals surface area contributed by atoms with Gasteiger partial charge in [-0.15, -0.1) is 0 Å². The average Bonchev–Trinajstić information content (AvgIpc) is 2.26. The smallest absolute Gasteiger partial charge is 0.357 e. The van der Waals surface area contributed by atoms with Crippen LogP contribution >= 0.6 is 0 Å². The van der Waals surface area contributed by atoms with Gasteiger partial charge < -0.3 is 4.18 Å². The molecule has 0 fully saturated rings. The molecular formula is C10H13NO5S. The van der Waals surface area contributed by atoms with Gasteiger partial charge in [0.2, 0.25) is 0 Å². The summed E-state index contributed by atoms with van der Waals surface area (Å²) in [4.78, 5) is 10.1. The molecule has 1 atom stereocenters. The zero-order chi connectivity index (χ0) is 12.8. The first-order valence-electron chi connectivity index (χ1n) is 5.11. The lowest BCUT2D eigenvalue weighted by Crippen LogP contribution is -2.01. The van der Waals surface area contributed by atoms with Gasteiger partial charge in [0.1, 0.15) is 5.75 Å². The van der Waals surface area contributed by atoms with Crippen LogP contribution in [-0.4, -0.2) is 13.7 Å². The summed E-state index contributed by atoms with van der Waals surface area (Å²) in [7, 11) is 0. The number of hydrogen-bond acceptors (Lipinski definition) is 4. The molecule has 0 heterocycles. The second kappa shape index (κ2) is 6.31. The molecule has 0 saturated carbocycles. The number of unbranched alkanes of at least 4 members (excludes halogenated alkanes) is 1. The summed E-state index contributed by atoms with van der Waals surface area (Å²) in [5, 5.41) is 10.6. The number of rotatable bonds is 6. The molecule has 1 unspecified atom stereocenters. The quantitative estimate of drug-likeness (QED) is 0.481. The van der Waals surface area contributed by atoms with Crippen molar-refractivity contribution in [2.75, 3.05) is 0 Å². The molecule has 0 radical (unpaired) electrons. The lowest BCUT2D eigenvalue weighted by Gasteiger charge is -2.07.